The molecule has 1 aromatic rings. The molecule has 0 aliphatic heterocycles. The van der Waals surface area contributed by atoms with Crippen LogP contribution in [-0.4, -0.2) is 58.1 Å². The molecule has 0 aromatic carbocycles. The Bertz CT molecular complexity index is 826. The van der Waals surface area contributed by atoms with Gasteiger partial charge >= 0.3 is 5.97 Å². The number of rotatable bonds is 8. The number of carbonyl (C=O) groups excluding carboxylic acids is 1. The number of hydrogen-bond acceptors (Lipinski definition) is 8. The van der Waals surface area contributed by atoms with Crippen molar-refractivity contribution >= 4 is 18.6 Å². The first-order valence-electron chi connectivity index (χ1n) is 10.1. The van der Waals surface area contributed by atoms with Gasteiger partial charge in [-0.3, -0.25) is 4.79 Å². The first-order chi connectivity index (χ1) is 15.2. The molecule has 0 saturated heterocycles. The molecular formula is C22H33N5O5. The predicted octanol–water partition coefficient (Wildman–Crippen LogP) is 1.57. The molecule has 176 valence electrons. The van der Waals surface area contributed by atoms with Gasteiger partial charge in [0.1, 0.15) is 0 Å². The molecule has 1 aromatic heterocycles. The molecule has 10 nitrogen and oxygen atoms in total. The van der Waals surface area contributed by atoms with Crippen molar-refractivity contribution in [2.75, 3.05) is 7.05 Å². The molecule has 0 saturated carbocycles. The normalized spacial score (nSPS) is 16.0. The molecule has 0 bridgehead atoms. The van der Waals surface area contributed by atoms with Crippen molar-refractivity contribution < 1.29 is 24.3 Å². The Labute approximate surface area is 188 Å². The average Bonchev–Trinajstić information content (AvgIpc) is 3.23. The van der Waals surface area contributed by atoms with Gasteiger partial charge in [-0.2, -0.15) is 4.98 Å². The lowest BCUT2D eigenvalue weighted by Crippen LogP contribution is -2.44. The van der Waals surface area contributed by atoms with Crippen LogP contribution in [0, 0.1) is 12.8 Å². The van der Waals surface area contributed by atoms with E-state index in [4.69, 9.17) is 10.3 Å². The molecule has 2 rings (SSSR count). The van der Waals surface area contributed by atoms with Crippen molar-refractivity contribution in [3.63, 3.8) is 0 Å². The second kappa shape index (κ2) is 15.5. The van der Waals surface area contributed by atoms with Crippen LogP contribution in [0.25, 0.3) is 0 Å². The SMILES string of the molecule is C#C.C=NC.CC(O)/C=C\Cc1noc(C(C)C(N)C(=O)NC2=C(C(=O)O)CCCC2)n1. The van der Waals surface area contributed by atoms with Crippen LogP contribution in [-0.2, 0) is 16.0 Å². The summed E-state index contributed by atoms with van der Waals surface area (Å²) in [6.45, 7) is 6.44. The summed E-state index contributed by atoms with van der Waals surface area (Å²) in [5.41, 5.74) is 6.69. The van der Waals surface area contributed by atoms with Crippen LogP contribution in [0.15, 0.2) is 32.9 Å². The molecule has 10 heteroatoms. The number of carboxylic acid groups (broad SMARTS) is 1. The summed E-state index contributed by atoms with van der Waals surface area (Å²) in [6, 6.07) is -0.962. The molecule has 1 heterocycles. The van der Waals surface area contributed by atoms with E-state index in [-0.39, 0.29) is 11.5 Å². The summed E-state index contributed by atoms with van der Waals surface area (Å²) in [6.07, 6.45) is 13.7. The Morgan fingerprint density at radius 1 is 1.34 bits per heavy atom. The fourth-order valence-electron chi connectivity index (χ4n) is 2.80. The van der Waals surface area contributed by atoms with E-state index < -0.39 is 29.9 Å². The van der Waals surface area contributed by atoms with Crippen molar-refractivity contribution in [1.82, 2.24) is 15.5 Å². The van der Waals surface area contributed by atoms with Crippen molar-refractivity contribution in [3.8, 4) is 12.8 Å². The van der Waals surface area contributed by atoms with Gasteiger partial charge in [-0.1, -0.05) is 24.2 Å². The van der Waals surface area contributed by atoms with E-state index in [0.29, 0.717) is 30.8 Å². The van der Waals surface area contributed by atoms with Gasteiger partial charge in [0.05, 0.1) is 23.6 Å². The zero-order chi connectivity index (χ0) is 24.7. The Hall–Kier alpha value is -3.29. The lowest BCUT2D eigenvalue weighted by molar-refractivity contribution is -0.133. The molecule has 1 aliphatic rings. The largest absolute Gasteiger partial charge is 0.478 e. The number of nitrogens with zero attached hydrogens (tertiary/aromatic N) is 3. The van der Waals surface area contributed by atoms with E-state index in [1.807, 2.05) is 0 Å². The highest BCUT2D eigenvalue weighted by Gasteiger charge is 2.29. The number of allylic oxidation sites excluding steroid dienone is 2. The molecule has 32 heavy (non-hydrogen) atoms. The third kappa shape index (κ3) is 9.68. The number of hydrogen-bond donors (Lipinski definition) is 4. The fraction of sp³-hybridized carbons (Fsp3) is 0.500. The number of nitrogens with two attached hydrogens (primary N) is 1. The van der Waals surface area contributed by atoms with Crippen molar-refractivity contribution in [1.29, 1.82) is 0 Å². The van der Waals surface area contributed by atoms with Crippen LogP contribution < -0.4 is 11.1 Å². The van der Waals surface area contributed by atoms with Gasteiger partial charge in [0, 0.05) is 19.2 Å². The van der Waals surface area contributed by atoms with Gasteiger partial charge in [-0.25, -0.2) is 4.79 Å². The highest BCUT2D eigenvalue weighted by molar-refractivity contribution is 5.90. The van der Waals surface area contributed by atoms with Crippen LogP contribution in [0.1, 0.15) is 57.2 Å². The minimum Gasteiger partial charge on any atom is -0.478 e. The molecule has 3 atom stereocenters. The van der Waals surface area contributed by atoms with Crippen LogP contribution in [0.2, 0.25) is 0 Å². The first-order valence-corrected chi connectivity index (χ1v) is 10.1. The Morgan fingerprint density at radius 3 is 2.50 bits per heavy atom. The number of aliphatic imine (C=N–C) groups is 1. The van der Waals surface area contributed by atoms with Crippen molar-refractivity contribution in [2.24, 2.45) is 10.7 Å². The number of aliphatic hydroxyl groups excluding tert-OH is 1. The minimum absolute atomic E-state index is 0.231. The molecule has 1 amide bonds. The Kier molecular flexibility index (Phi) is 13.9. The maximum atomic E-state index is 12.5. The third-order valence-electron chi connectivity index (χ3n) is 4.43. The highest BCUT2D eigenvalue weighted by Crippen LogP contribution is 2.24. The highest BCUT2D eigenvalue weighted by atomic mass is 16.5. The third-order valence-corrected chi connectivity index (χ3v) is 4.43. The summed E-state index contributed by atoms with van der Waals surface area (Å²) in [4.78, 5) is 31.2. The summed E-state index contributed by atoms with van der Waals surface area (Å²) in [5.74, 6) is -1.38. The van der Waals surface area contributed by atoms with Crippen molar-refractivity contribution in [3.05, 3.63) is 35.1 Å². The van der Waals surface area contributed by atoms with E-state index in [2.05, 4.69) is 40.0 Å². The zero-order valence-corrected chi connectivity index (χ0v) is 18.8. The number of carboxylic acids is 1. The maximum absolute atomic E-state index is 12.5. The molecule has 5 N–H and O–H groups in total. The summed E-state index contributed by atoms with van der Waals surface area (Å²) in [7, 11) is 1.64. The second-order valence-electron chi connectivity index (χ2n) is 7.01. The minimum atomic E-state index is -1.02. The van der Waals surface area contributed by atoms with E-state index in [9.17, 15) is 19.8 Å². The van der Waals surface area contributed by atoms with Gasteiger partial charge in [-0.05, 0) is 39.3 Å². The quantitative estimate of drug-likeness (QED) is 0.265. The van der Waals surface area contributed by atoms with Gasteiger partial charge in [-0.15, -0.1) is 12.8 Å². The summed E-state index contributed by atoms with van der Waals surface area (Å²) in [5, 5.41) is 24.9. The number of terminal acetylenes is 1. The van der Waals surface area contributed by atoms with Crippen molar-refractivity contribution in [2.45, 2.75) is 64.0 Å². The van der Waals surface area contributed by atoms with Crippen LogP contribution in [0.3, 0.4) is 0 Å². The van der Waals surface area contributed by atoms with Crippen LogP contribution in [0.4, 0.5) is 0 Å². The zero-order valence-electron chi connectivity index (χ0n) is 18.8. The smallest absolute Gasteiger partial charge is 0.333 e. The van der Waals surface area contributed by atoms with E-state index in [1.165, 1.54) is 0 Å². The van der Waals surface area contributed by atoms with Crippen LogP contribution in [0.5, 0.6) is 0 Å². The monoisotopic (exact) mass is 447 g/mol. The fourth-order valence-corrected chi connectivity index (χ4v) is 2.80. The van der Waals surface area contributed by atoms with Crippen LogP contribution >= 0.6 is 0 Å². The van der Waals surface area contributed by atoms with E-state index in [1.54, 1.807) is 33.0 Å². The Balaban J connectivity index is 0.00000177. The predicted molar refractivity (Wildman–Crippen MR) is 122 cm³/mol. The second-order valence-corrected chi connectivity index (χ2v) is 7.01. The number of amides is 1. The molecular weight excluding hydrogens is 414 g/mol. The van der Waals surface area contributed by atoms with Gasteiger partial charge in [0.15, 0.2) is 5.82 Å². The Morgan fingerprint density at radius 2 is 1.94 bits per heavy atom. The summed E-state index contributed by atoms with van der Waals surface area (Å²) >= 11 is 0. The number of aliphatic carboxylic acids is 1. The lowest BCUT2D eigenvalue weighted by atomic mass is 9.95. The topological polar surface area (TPSA) is 164 Å². The number of aliphatic hydroxyl groups is 1. The van der Waals surface area contributed by atoms with Gasteiger partial charge < -0.3 is 30.8 Å². The standard InChI is InChI=1S/C18H26N4O5.C2H5N.C2H2/c1-10(23)6-5-9-14-21-17(27-22-14)11(2)15(19)16(24)20-13-8-4-3-7-12(13)18(25)26;1-3-2;1-2/h5-6,10-11,15,23H,3-4,7-9,19H2,1-2H3,(H,20,24)(H,25,26);1H2,2H3;1-2H/b6-5-;;. The van der Waals surface area contributed by atoms with Gasteiger partial charge in [0.2, 0.25) is 11.8 Å². The molecule has 0 radical (unpaired) electrons. The molecule has 0 spiro atoms. The van der Waals surface area contributed by atoms with E-state index in [0.717, 1.165) is 12.8 Å². The lowest BCUT2D eigenvalue weighted by Gasteiger charge is -2.21. The molecule has 0 fully saturated rings. The average molecular weight is 448 g/mol. The molecule has 1 aliphatic carbocycles. The number of nitrogens with one attached hydrogen (secondary N) is 1. The molecule has 3 unspecified atom stereocenters. The van der Waals surface area contributed by atoms with Gasteiger partial charge in [0.25, 0.3) is 0 Å². The number of carbonyl (C=O) groups is 2. The first kappa shape index (κ1) is 28.7. The number of aromatic nitrogens is 2. The summed E-state index contributed by atoms with van der Waals surface area (Å²) < 4.78 is 5.18. The van der Waals surface area contributed by atoms with E-state index >= 15 is 0 Å². The maximum Gasteiger partial charge on any atom is 0.333 e.